The van der Waals surface area contributed by atoms with E-state index in [0.717, 1.165) is 25.7 Å². The van der Waals surface area contributed by atoms with Crippen LogP contribution in [-0.2, 0) is 13.0 Å². The van der Waals surface area contributed by atoms with Gasteiger partial charge in [-0.2, -0.15) is 10.4 Å². The SMILES string of the molecule is N#CCn1cc(CCC2(N)CC2)cn1. The van der Waals surface area contributed by atoms with Crippen molar-refractivity contribution in [1.29, 1.82) is 5.26 Å². The molecule has 14 heavy (non-hydrogen) atoms. The third kappa shape index (κ3) is 2.12. The summed E-state index contributed by atoms with van der Waals surface area (Å²) in [6, 6.07) is 2.06. The summed E-state index contributed by atoms with van der Waals surface area (Å²) in [5, 5.41) is 12.5. The van der Waals surface area contributed by atoms with Gasteiger partial charge in [-0.1, -0.05) is 0 Å². The Morgan fingerprint density at radius 2 is 2.43 bits per heavy atom. The Hall–Kier alpha value is -1.34. The maximum atomic E-state index is 8.47. The van der Waals surface area contributed by atoms with E-state index >= 15 is 0 Å². The van der Waals surface area contributed by atoms with Crippen LogP contribution in [0.3, 0.4) is 0 Å². The zero-order valence-electron chi connectivity index (χ0n) is 8.11. The van der Waals surface area contributed by atoms with Crippen LogP contribution < -0.4 is 5.73 Å². The Morgan fingerprint density at radius 1 is 1.64 bits per heavy atom. The predicted octanol–water partition coefficient (Wildman–Crippen LogP) is 0.831. The molecule has 1 aromatic heterocycles. The zero-order chi connectivity index (χ0) is 10.0. The van der Waals surface area contributed by atoms with Crippen LogP contribution in [0.1, 0.15) is 24.8 Å². The molecule has 4 nitrogen and oxygen atoms in total. The van der Waals surface area contributed by atoms with E-state index in [1.165, 1.54) is 5.56 Å². The third-order valence-electron chi connectivity index (χ3n) is 2.72. The highest BCUT2D eigenvalue weighted by Gasteiger charge is 2.37. The van der Waals surface area contributed by atoms with Crippen molar-refractivity contribution in [3.05, 3.63) is 18.0 Å². The molecule has 0 atom stereocenters. The molecule has 4 heteroatoms. The van der Waals surface area contributed by atoms with E-state index < -0.39 is 0 Å². The average Bonchev–Trinajstić information content (AvgIpc) is 2.74. The van der Waals surface area contributed by atoms with Gasteiger partial charge in [0.15, 0.2) is 0 Å². The second-order valence-electron chi connectivity index (χ2n) is 4.07. The Morgan fingerprint density at radius 3 is 3.07 bits per heavy atom. The van der Waals surface area contributed by atoms with Gasteiger partial charge in [-0.3, -0.25) is 4.68 Å². The lowest BCUT2D eigenvalue weighted by molar-refractivity contribution is 0.608. The molecular weight excluding hydrogens is 176 g/mol. The summed E-state index contributed by atoms with van der Waals surface area (Å²) in [6.07, 6.45) is 8.06. The van der Waals surface area contributed by atoms with Crippen molar-refractivity contribution in [1.82, 2.24) is 9.78 Å². The summed E-state index contributed by atoms with van der Waals surface area (Å²) in [7, 11) is 0. The molecule has 0 radical (unpaired) electrons. The molecule has 1 fully saturated rings. The van der Waals surface area contributed by atoms with Crippen molar-refractivity contribution in [2.24, 2.45) is 5.73 Å². The molecule has 1 aromatic rings. The lowest BCUT2D eigenvalue weighted by atomic mass is 10.1. The quantitative estimate of drug-likeness (QED) is 0.764. The van der Waals surface area contributed by atoms with E-state index in [0.29, 0.717) is 6.54 Å². The minimum atomic E-state index is 0.108. The molecular formula is C10H14N4. The van der Waals surface area contributed by atoms with E-state index in [9.17, 15) is 0 Å². The lowest BCUT2D eigenvalue weighted by Crippen LogP contribution is -2.21. The molecule has 0 saturated heterocycles. The Balaban J connectivity index is 1.87. The summed E-state index contributed by atoms with van der Waals surface area (Å²) in [5.41, 5.74) is 7.27. The van der Waals surface area contributed by atoms with Crippen LogP contribution in [0, 0.1) is 11.3 Å². The molecule has 1 heterocycles. The van der Waals surface area contributed by atoms with Gasteiger partial charge in [0.1, 0.15) is 6.54 Å². The number of rotatable bonds is 4. The molecule has 0 spiro atoms. The average molecular weight is 190 g/mol. The maximum absolute atomic E-state index is 8.47. The first-order valence-corrected chi connectivity index (χ1v) is 4.89. The maximum Gasteiger partial charge on any atom is 0.128 e. The molecule has 1 aliphatic rings. The molecule has 2 rings (SSSR count). The first-order chi connectivity index (χ1) is 6.72. The monoisotopic (exact) mass is 190 g/mol. The number of nitrogens with zero attached hydrogens (tertiary/aromatic N) is 3. The number of aryl methyl sites for hydroxylation is 1. The van der Waals surface area contributed by atoms with E-state index in [1.807, 2.05) is 12.4 Å². The summed E-state index contributed by atoms with van der Waals surface area (Å²) in [4.78, 5) is 0. The van der Waals surface area contributed by atoms with Gasteiger partial charge in [-0.25, -0.2) is 0 Å². The van der Waals surface area contributed by atoms with E-state index in [4.69, 9.17) is 11.0 Å². The first-order valence-electron chi connectivity index (χ1n) is 4.89. The minimum absolute atomic E-state index is 0.108. The third-order valence-corrected chi connectivity index (χ3v) is 2.72. The number of nitriles is 1. The molecule has 74 valence electrons. The highest BCUT2D eigenvalue weighted by molar-refractivity contribution is 5.08. The van der Waals surface area contributed by atoms with Crippen LogP contribution in [0.15, 0.2) is 12.4 Å². The molecule has 2 N–H and O–H groups in total. The van der Waals surface area contributed by atoms with E-state index in [2.05, 4.69) is 11.2 Å². The molecule has 0 aliphatic heterocycles. The lowest BCUT2D eigenvalue weighted by Gasteiger charge is -2.05. The standard InChI is InChI=1S/C10H14N4/c11-5-6-14-8-9(7-13-14)1-2-10(12)3-4-10/h7-8H,1-4,6,12H2. The topological polar surface area (TPSA) is 67.6 Å². The largest absolute Gasteiger partial charge is 0.325 e. The molecule has 1 saturated carbocycles. The van der Waals surface area contributed by atoms with E-state index in [-0.39, 0.29) is 5.54 Å². The van der Waals surface area contributed by atoms with Crippen molar-refractivity contribution in [3.63, 3.8) is 0 Å². The minimum Gasteiger partial charge on any atom is -0.325 e. The molecule has 0 aromatic carbocycles. The second kappa shape index (κ2) is 3.43. The van der Waals surface area contributed by atoms with Crippen molar-refractivity contribution in [3.8, 4) is 6.07 Å². The molecule has 0 bridgehead atoms. The fourth-order valence-electron chi connectivity index (χ4n) is 1.50. The van der Waals surface area contributed by atoms with E-state index in [1.54, 1.807) is 4.68 Å². The highest BCUT2D eigenvalue weighted by atomic mass is 15.3. The van der Waals surface area contributed by atoms with Crippen molar-refractivity contribution < 1.29 is 0 Å². The number of nitrogens with two attached hydrogens (primary N) is 1. The van der Waals surface area contributed by atoms with Crippen LogP contribution in [0.5, 0.6) is 0 Å². The van der Waals surface area contributed by atoms with Gasteiger partial charge in [-0.15, -0.1) is 0 Å². The van der Waals surface area contributed by atoms with Gasteiger partial charge >= 0.3 is 0 Å². The van der Waals surface area contributed by atoms with Gasteiger partial charge in [-0.05, 0) is 31.2 Å². The van der Waals surface area contributed by atoms with Crippen LogP contribution in [0.2, 0.25) is 0 Å². The smallest absolute Gasteiger partial charge is 0.128 e. The molecule has 0 unspecified atom stereocenters. The van der Waals surface area contributed by atoms with Gasteiger partial charge in [0.2, 0.25) is 0 Å². The molecule has 1 aliphatic carbocycles. The second-order valence-corrected chi connectivity index (χ2v) is 4.07. The van der Waals surface area contributed by atoms with Gasteiger partial charge < -0.3 is 5.73 Å². The first kappa shape index (κ1) is 9.22. The predicted molar refractivity (Wildman–Crippen MR) is 52.3 cm³/mol. The van der Waals surface area contributed by atoms with Crippen LogP contribution in [0.4, 0.5) is 0 Å². The van der Waals surface area contributed by atoms with Gasteiger partial charge in [0.25, 0.3) is 0 Å². The zero-order valence-corrected chi connectivity index (χ0v) is 8.11. The number of aromatic nitrogens is 2. The Kier molecular flexibility index (Phi) is 2.26. The van der Waals surface area contributed by atoms with Gasteiger partial charge in [0, 0.05) is 11.7 Å². The fraction of sp³-hybridized carbons (Fsp3) is 0.600. The molecule has 0 amide bonds. The van der Waals surface area contributed by atoms with Gasteiger partial charge in [0.05, 0.1) is 12.3 Å². The Labute approximate surface area is 83.3 Å². The summed E-state index contributed by atoms with van der Waals surface area (Å²) in [5.74, 6) is 0. The Bertz CT molecular complexity index is 356. The van der Waals surface area contributed by atoms with Crippen molar-refractivity contribution >= 4 is 0 Å². The summed E-state index contributed by atoms with van der Waals surface area (Å²) < 4.78 is 1.66. The van der Waals surface area contributed by atoms with Crippen LogP contribution >= 0.6 is 0 Å². The van der Waals surface area contributed by atoms with Crippen LogP contribution in [-0.4, -0.2) is 15.3 Å². The normalized spacial score (nSPS) is 17.7. The number of hydrogen-bond acceptors (Lipinski definition) is 3. The highest BCUT2D eigenvalue weighted by Crippen LogP contribution is 2.36. The van der Waals surface area contributed by atoms with Crippen molar-refractivity contribution in [2.75, 3.05) is 0 Å². The summed E-state index contributed by atoms with van der Waals surface area (Å²) in [6.45, 7) is 0.327. The van der Waals surface area contributed by atoms with Crippen molar-refractivity contribution in [2.45, 2.75) is 37.8 Å². The number of hydrogen-bond donors (Lipinski definition) is 1. The fourth-order valence-corrected chi connectivity index (χ4v) is 1.50. The van der Waals surface area contributed by atoms with Crippen LogP contribution in [0.25, 0.3) is 0 Å². The summed E-state index contributed by atoms with van der Waals surface area (Å²) >= 11 is 0.